The second-order valence-corrected chi connectivity index (χ2v) is 6.84. The summed E-state index contributed by atoms with van der Waals surface area (Å²) in [7, 11) is 0. The maximum absolute atomic E-state index is 4.44. The first kappa shape index (κ1) is 20.6. The molecule has 27 heavy (non-hydrogen) atoms. The highest BCUT2D eigenvalue weighted by Gasteiger charge is 1.99. The van der Waals surface area contributed by atoms with E-state index >= 15 is 0 Å². The minimum absolute atomic E-state index is 0.763. The first-order chi connectivity index (χ1) is 13.1. The number of unbranched alkanes of at least 4 members (excludes halogenated alkanes) is 2. The van der Waals surface area contributed by atoms with Crippen LogP contribution in [0.2, 0.25) is 0 Å². The Bertz CT molecular complexity index is 790. The predicted octanol–water partition coefficient (Wildman–Crippen LogP) is 6.04. The van der Waals surface area contributed by atoms with E-state index in [1.165, 1.54) is 11.1 Å². The first-order valence-corrected chi connectivity index (χ1v) is 9.59. The van der Waals surface area contributed by atoms with E-state index in [0.717, 1.165) is 54.9 Å². The summed E-state index contributed by atoms with van der Waals surface area (Å²) >= 11 is 0. The summed E-state index contributed by atoms with van der Waals surface area (Å²) in [5.74, 6) is 0. The summed E-state index contributed by atoms with van der Waals surface area (Å²) in [6, 6.07) is 15.3. The van der Waals surface area contributed by atoms with Gasteiger partial charge in [0.1, 0.15) is 0 Å². The second-order valence-electron chi connectivity index (χ2n) is 6.84. The van der Waals surface area contributed by atoms with Crippen LogP contribution in [0.1, 0.15) is 41.5 Å². The fourth-order valence-electron chi connectivity index (χ4n) is 2.90. The Kier molecular flexibility index (Phi) is 8.47. The quantitative estimate of drug-likeness (QED) is 0.330. The molecule has 142 valence electrons. The highest BCUT2D eigenvalue weighted by Crippen LogP contribution is 2.22. The third kappa shape index (κ3) is 6.84. The Morgan fingerprint density at radius 2 is 1.41 bits per heavy atom. The van der Waals surface area contributed by atoms with E-state index in [1.807, 2.05) is 12.4 Å². The number of aryl methyl sites for hydroxylation is 4. The standard InChI is InChI=1S/C23H30N4/c1-18-10-8-11-19(2)22(18)26-16-24-14-6-5-7-15-25-17-27-23-20(3)12-9-13-21(23)4/h8-13,16H,5-7,14-15H2,1-4H3,(H,24,26). The Labute approximate surface area is 163 Å². The molecule has 0 saturated carbocycles. The van der Waals surface area contributed by atoms with Crippen LogP contribution in [0.4, 0.5) is 11.4 Å². The average Bonchev–Trinajstić information content (AvgIpc) is 2.63. The van der Waals surface area contributed by atoms with E-state index in [2.05, 4.69) is 84.3 Å². The Hall–Kier alpha value is -2.71. The molecular weight excluding hydrogens is 332 g/mol. The fraction of sp³-hybridized carbons (Fsp3) is 0.391. The maximum atomic E-state index is 4.44. The number of benzene rings is 2. The van der Waals surface area contributed by atoms with Crippen molar-refractivity contribution >= 4 is 23.7 Å². The molecule has 0 radical (unpaired) electrons. The van der Waals surface area contributed by atoms with Crippen molar-refractivity contribution in [3.8, 4) is 0 Å². The molecule has 0 amide bonds. The highest BCUT2D eigenvalue weighted by molar-refractivity contribution is 5.78. The lowest BCUT2D eigenvalue weighted by atomic mass is 10.1. The number of nitrogens with one attached hydrogen (secondary N) is 1. The van der Waals surface area contributed by atoms with Gasteiger partial charge in [-0.15, -0.1) is 0 Å². The van der Waals surface area contributed by atoms with Crippen LogP contribution in [-0.2, 0) is 0 Å². The van der Waals surface area contributed by atoms with Crippen molar-refractivity contribution in [3.05, 3.63) is 58.7 Å². The minimum Gasteiger partial charge on any atom is -0.346 e. The monoisotopic (exact) mass is 362 g/mol. The predicted molar refractivity (Wildman–Crippen MR) is 117 cm³/mol. The van der Waals surface area contributed by atoms with Gasteiger partial charge in [0, 0.05) is 18.8 Å². The lowest BCUT2D eigenvalue weighted by molar-refractivity contribution is 0.698. The number of hydrogen-bond donors (Lipinski definition) is 1. The topological polar surface area (TPSA) is 49.1 Å². The summed E-state index contributed by atoms with van der Waals surface area (Å²) in [6.45, 7) is 9.92. The molecule has 0 fully saturated rings. The molecule has 4 nitrogen and oxygen atoms in total. The zero-order valence-corrected chi connectivity index (χ0v) is 16.9. The van der Waals surface area contributed by atoms with Crippen molar-refractivity contribution in [3.63, 3.8) is 0 Å². The molecule has 0 heterocycles. The number of para-hydroxylation sites is 2. The van der Waals surface area contributed by atoms with Gasteiger partial charge in [-0.25, -0.2) is 4.99 Å². The molecule has 0 bridgehead atoms. The van der Waals surface area contributed by atoms with Crippen molar-refractivity contribution < 1.29 is 0 Å². The van der Waals surface area contributed by atoms with Gasteiger partial charge in [-0.1, -0.05) is 36.4 Å². The van der Waals surface area contributed by atoms with Crippen LogP contribution < -0.4 is 5.32 Å². The number of rotatable bonds is 9. The van der Waals surface area contributed by atoms with Gasteiger partial charge >= 0.3 is 0 Å². The lowest BCUT2D eigenvalue weighted by Crippen LogP contribution is -2.00. The van der Waals surface area contributed by atoms with Crippen LogP contribution in [0.3, 0.4) is 0 Å². The molecule has 0 unspecified atom stereocenters. The lowest BCUT2D eigenvalue weighted by Gasteiger charge is -2.08. The number of anilines is 1. The van der Waals surface area contributed by atoms with Gasteiger partial charge in [-0.2, -0.15) is 4.99 Å². The van der Waals surface area contributed by atoms with E-state index in [-0.39, 0.29) is 0 Å². The van der Waals surface area contributed by atoms with Crippen LogP contribution >= 0.6 is 0 Å². The van der Waals surface area contributed by atoms with Gasteiger partial charge in [0.15, 0.2) is 0 Å². The Balaban J connectivity index is 1.63. The zero-order valence-electron chi connectivity index (χ0n) is 16.9. The molecule has 2 aromatic rings. The minimum atomic E-state index is 0.763. The van der Waals surface area contributed by atoms with Crippen LogP contribution in [0.5, 0.6) is 0 Å². The van der Waals surface area contributed by atoms with Gasteiger partial charge in [-0.3, -0.25) is 4.99 Å². The maximum Gasteiger partial charge on any atom is 0.0949 e. The summed E-state index contributed by atoms with van der Waals surface area (Å²) in [4.78, 5) is 13.1. The molecule has 4 heteroatoms. The van der Waals surface area contributed by atoms with Crippen LogP contribution in [0, 0.1) is 27.7 Å². The smallest absolute Gasteiger partial charge is 0.0949 e. The third-order valence-corrected chi connectivity index (χ3v) is 4.51. The van der Waals surface area contributed by atoms with E-state index in [4.69, 9.17) is 0 Å². The van der Waals surface area contributed by atoms with Gasteiger partial charge < -0.3 is 5.32 Å². The molecule has 2 aromatic carbocycles. The van der Waals surface area contributed by atoms with E-state index in [9.17, 15) is 0 Å². The van der Waals surface area contributed by atoms with Crippen molar-refractivity contribution in [2.45, 2.75) is 47.0 Å². The van der Waals surface area contributed by atoms with Crippen LogP contribution in [0.15, 0.2) is 51.4 Å². The summed E-state index contributed by atoms with van der Waals surface area (Å²) in [6.07, 6.45) is 5.02. The third-order valence-electron chi connectivity index (χ3n) is 4.51. The van der Waals surface area contributed by atoms with Crippen molar-refractivity contribution in [2.24, 2.45) is 15.0 Å². The summed E-state index contributed by atoms with van der Waals surface area (Å²) in [5.41, 5.74) is 6.92. The normalized spacial score (nSPS) is 10.7. The largest absolute Gasteiger partial charge is 0.346 e. The van der Waals surface area contributed by atoms with E-state index in [1.54, 1.807) is 0 Å². The average molecular weight is 363 g/mol. The number of nitrogens with zero attached hydrogens (tertiary/aromatic N) is 3. The molecular formula is C23H30N4. The Morgan fingerprint density at radius 1 is 0.815 bits per heavy atom. The van der Waals surface area contributed by atoms with Gasteiger partial charge in [0.25, 0.3) is 0 Å². The molecule has 0 aromatic heterocycles. The molecule has 2 rings (SSSR count). The second kappa shape index (κ2) is 11.1. The molecule has 0 aliphatic carbocycles. The van der Waals surface area contributed by atoms with E-state index < -0.39 is 0 Å². The highest BCUT2D eigenvalue weighted by atomic mass is 14.9. The summed E-state index contributed by atoms with van der Waals surface area (Å²) < 4.78 is 0. The molecule has 0 saturated heterocycles. The van der Waals surface area contributed by atoms with Gasteiger partial charge in [0.05, 0.1) is 18.0 Å². The van der Waals surface area contributed by atoms with Crippen molar-refractivity contribution in [1.82, 2.24) is 0 Å². The zero-order chi connectivity index (χ0) is 19.5. The van der Waals surface area contributed by atoms with Crippen LogP contribution in [0.25, 0.3) is 0 Å². The molecule has 0 spiro atoms. The van der Waals surface area contributed by atoms with Gasteiger partial charge in [0.2, 0.25) is 0 Å². The van der Waals surface area contributed by atoms with Crippen LogP contribution in [-0.4, -0.2) is 25.4 Å². The molecule has 0 atom stereocenters. The first-order valence-electron chi connectivity index (χ1n) is 9.59. The van der Waals surface area contributed by atoms with Crippen molar-refractivity contribution in [2.75, 3.05) is 18.4 Å². The number of hydrogen-bond acceptors (Lipinski definition) is 3. The number of aliphatic imine (C=N–C) groups is 3. The van der Waals surface area contributed by atoms with Crippen molar-refractivity contribution in [1.29, 1.82) is 0 Å². The molecule has 0 aliphatic heterocycles. The van der Waals surface area contributed by atoms with E-state index in [0.29, 0.717) is 0 Å². The Morgan fingerprint density at radius 3 is 2.07 bits per heavy atom. The van der Waals surface area contributed by atoms with Gasteiger partial charge in [-0.05, 0) is 69.2 Å². The fourth-order valence-corrected chi connectivity index (χ4v) is 2.90. The molecule has 0 aliphatic rings. The summed E-state index contributed by atoms with van der Waals surface area (Å²) in [5, 5.41) is 3.29. The SMILES string of the molecule is Cc1cccc(C)c1N=C=NCCCCCN=CNc1c(C)cccc1C. The molecule has 1 N–H and O–H groups in total.